The van der Waals surface area contributed by atoms with E-state index in [1.807, 2.05) is 0 Å². The average molecular weight is 528 g/mol. The van der Waals surface area contributed by atoms with Gasteiger partial charge in [0.15, 0.2) is 17.1 Å². The second kappa shape index (κ2) is 13.0. The summed E-state index contributed by atoms with van der Waals surface area (Å²) in [6.07, 6.45) is -0.172. The van der Waals surface area contributed by atoms with E-state index in [2.05, 4.69) is 5.32 Å². The summed E-state index contributed by atoms with van der Waals surface area (Å²) in [7, 11) is -4.14. The third-order valence-electron chi connectivity index (χ3n) is 4.48. The number of rotatable bonds is 12. The lowest BCUT2D eigenvalue weighted by molar-refractivity contribution is -0.146. The van der Waals surface area contributed by atoms with E-state index in [4.69, 9.17) is 18.4 Å². The van der Waals surface area contributed by atoms with Gasteiger partial charge in [-0.05, 0) is 52.0 Å². The second-order valence-corrected chi connectivity index (χ2v) is 8.94. The van der Waals surface area contributed by atoms with Crippen LogP contribution in [0.15, 0.2) is 53.1 Å². The fraction of sp³-hybridized carbons (Fsp3) is 0.333. The molecule has 0 heterocycles. The maximum atomic E-state index is 14.5. The molecule has 0 aliphatic carbocycles. The second-order valence-electron chi connectivity index (χ2n) is 7.37. The Kier molecular flexibility index (Phi) is 10.4. The van der Waals surface area contributed by atoms with Crippen molar-refractivity contribution in [2.75, 3.05) is 25.1 Å². The lowest BCUT2D eigenvalue weighted by Crippen LogP contribution is -2.23. The summed E-state index contributed by atoms with van der Waals surface area (Å²) in [6.45, 7) is 5.73. The summed E-state index contributed by atoms with van der Waals surface area (Å²) in [5, 5.41) is 2.51. The molecule has 0 bridgehead atoms. The quantitative estimate of drug-likeness (QED) is 0.144. The summed E-state index contributed by atoms with van der Waals surface area (Å²) >= 11 is 0. The van der Waals surface area contributed by atoms with Crippen LogP contribution in [0.25, 0.3) is 0 Å². The van der Waals surface area contributed by atoms with Crippen molar-refractivity contribution in [1.29, 1.82) is 0 Å². The zero-order valence-electron chi connectivity index (χ0n) is 20.2. The first kappa shape index (κ1) is 28.7. The highest BCUT2D eigenvalue weighted by atomic mass is 32.2. The zero-order valence-corrected chi connectivity index (χ0v) is 21.0. The topological polar surface area (TPSA) is 117 Å². The minimum absolute atomic E-state index is 0.0154. The molecule has 1 N–H and O–H groups in total. The van der Waals surface area contributed by atoms with E-state index in [9.17, 15) is 26.8 Å². The fourth-order valence-corrected chi connectivity index (χ4v) is 3.83. The number of hydrogen-bond donors (Lipinski definition) is 1. The van der Waals surface area contributed by atoms with Crippen molar-refractivity contribution in [2.24, 2.45) is 0 Å². The smallest absolute Gasteiger partial charge is 0.347 e. The molecule has 0 aliphatic rings. The largest absolute Gasteiger partial charge is 0.485 e. The summed E-state index contributed by atoms with van der Waals surface area (Å²) in [5.41, 5.74) is 0.180. The maximum Gasteiger partial charge on any atom is 0.347 e. The van der Waals surface area contributed by atoms with E-state index in [0.717, 1.165) is 23.9 Å². The Morgan fingerprint density at radius 3 is 2.14 bits per heavy atom. The number of carbonyl (C=O) groups excluding carboxylic acids is 2. The van der Waals surface area contributed by atoms with Gasteiger partial charge in [0.25, 0.3) is 10.1 Å². The molecule has 1 atom stereocenters. The van der Waals surface area contributed by atoms with Crippen LogP contribution in [0.3, 0.4) is 0 Å². The average Bonchev–Trinajstić information content (AvgIpc) is 2.81. The van der Waals surface area contributed by atoms with Gasteiger partial charge in [-0.1, -0.05) is 17.7 Å². The Balaban J connectivity index is 2.22. The normalized spacial score (nSPS) is 11.8. The minimum Gasteiger partial charge on any atom is -0.485 e. The fourth-order valence-electron chi connectivity index (χ4n) is 2.76. The highest BCUT2D eigenvalue weighted by Crippen LogP contribution is 2.30. The van der Waals surface area contributed by atoms with Crippen LogP contribution in [0.2, 0.25) is 0 Å². The summed E-state index contributed by atoms with van der Waals surface area (Å²) in [6, 6.07) is 7.87. The van der Waals surface area contributed by atoms with Crippen molar-refractivity contribution in [3.63, 3.8) is 0 Å². The first-order valence-corrected chi connectivity index (χ1v) is 12.3. The molecule has 2 aromatic rings. The number of esters is 2. The van der Waals surface area contributed by atoms with E-state index in [0.29, 0.717) is 0 Å². The van der Waals surface area contributed by atoms with Gasteiger partial charge in [-0.3, -0.25) is 4.18 Å². The van der Waals surface area contributed by atoms with Crippen LogP contribution < -0.4 is 10.1 Å². The number of benzene rings is 2. The molecule has 0 aromatic heterocycles. The lowest BCUT2D eigenvalue weighted by atomic mass is 10.2. The third kappa shape index (κ3) is 7.75. The molecule has 196 valence electrons. The molecule has 36 heavy (non-hydrogen) atoms. The van der Waals surface area contributed by atoms with Crippen LogP contribution in [-0.2, 0) is 33.4 Å². The number of hydrogen-bond acceptors (Lipinski definition) is 9. The summed E-state index contributed by atoms with van der Waals surface area (Å²) in [5.74, 6) is -5.22. The number of ether oxygens (including phenoxy) is 3. The van der Waals surface area contributed by atoms with Gasteiger partial charge in [0, 0.05) is 6.20 Å². The van der Waals surface area contributed by atoms with E-state index in [1.54, 1.807) is 19.1 Å². The monoisotopic (exact) mass is 527 g/mol. The van der Waals surface area contributed by atoms with Gasteiger partial charge in [-0.2, -0.15) is 12.8 Å². The Bertz CT molecular complexity index is 1190. The zero-order chi connectivity index (χ0) is 26.9. The van der Waals surface area contributed by atoms with Gasteiger partial charge in [0.05, 0.1) is 23.8 Å². The molecule has 0 fully saturated rings. The molecule has 9 nitrogen and oxygen atoms in total. The van der Waals surface area contributed by atoms with Gasteiger partial charge in [0.2, 0.25) is 5.82 Å². The Morgan fingerprint density at radius 2 is 1.58 bits per heavy atom. The standard InChI is InChI=1S/C24H27F2NO8S/c1-5-32-23(28)18(24(29)33-6-2)13-27-20-12-11-19(25)21(26)22(20)34-14-16(4)35-36(30,31)17-9-7-15(3)8-10-17/h7-13,16,27H,5-6,14H2,1-4H3/t16-/m1/s1. The highest BCUT2D eigenvalue weighted by molar-refractivity contribution is 7.86. The molecular weight excluding hydrogens is 500 g/mol. The van der Waals surface area contributed by atoms with Gasteiger partial charge in [0.1, 0.15) is 12.7 Å². The van der Waals surface area contributed by atoms with Crippen LogP contribution in [-0.4, -0.2) is 46.3 Å². The van der Waals surface area contributed by atoms with Gasteiger partial charge in [-0.15, -0.1) is 0 Å². The number of halogens is 2. The van der Waals surface area contributed by atoms with Crippen molar-refractivity contribution >= 4 is 27.7 Å². The van der Waals surface area contributed by atoms with Crippen LogP contribution in [0.4, 0.5) is 14.5 Å². The lowest BCUT2D eigenvalue weighted by Gasteiger charge is -2.17. The molecule has 0 amide bonds. The summed E-state index contributed by atoms with van der Waals surface area (Å²) in [4.78, 5) is 24.1. The van der Waals surface area contributed by atoms with Crippen molar-refractivity contribution < 1.29 is 45.2 Å². The predicted molar refractivity (Wildman–Crippen MR) is 126 cm³/mol. The van der Waals surface area contributed by atoms with Crippen molar-refractivity contribution in [2.45, 2.75) is 38.7 Å². The molecular formula is C24H27F2NO8S. The van der Waals surface area contributed by atoms with Crippen molar-refractivity contribution in [3.8, 4) is 5.75 Å². The Morgan fingerprint density at radius 1 is 1.00 bits per heavy atom. The first-order valence-electron chi connectivity index (χ1n) is 10.9. The maximum absolute atomic E-state index is 14.5. The highest BCUT2D eigenvalue weighted by Gasteiger charge is 2.24. The van der Waals surface area contributed by atoms with Crippen LogP contribution >= 0.6 is 0 Å². The molecule has 0 radical (unpaired) electrons. The Labute approximate surface area is 208 Å². The molecule has 2 aromatic carbocycles. The van der Waals surface area contributed by atoms with E-state index >= 15 is 0 Å². The molecule has 0 unspecified atom stereocenters. The third-order valence-corrected chi connectivity index (χ3v) is 5.91. The van der Waals surface area contributed by atoms with Crippen LogP contribution in [0, 0.1) is 18.6 Å². The molecule has 0 aliphatic heterocycles. The number of nitrogens with one attached hydrogen (secondary N) is 1. The van der Waals surface area contributed by atoms with Crippen LogP contribution in [0.5, 0.6) is 5.75 Å². The SMILES string of the molecule is CCOC(=O)C(=CNc1ccc(F)c(F)c1OC[C@@H](C)OS(=O)(=O)c1ccc(C)cc1)C(=O)OCC. The van der Waals surface area contributed by atoms with E-state index < -0.39 is 57.7 Å². The molecule has 12 heteroatoms. The van der Waals surface area contributed by atoms with E-state index in [1.165, 1.54) is 32.9 Å². The summed E-state index contributed by atoms with van der Waals surface area (Å²) < 4.78 is 73.4. The predicted octanol–water partition coefficient (Wildman–Crippen LogP) is 3.87. The van der Waals surface area contributed by atoms with Crippen molar-refractivity contribution in [1.82, 2.24) is 0 Å². The Hall–Kier alpha value is -3.51. The number of carbonyl (C=O) groups is 2. The molecule has 0 spiro atoms. The van der Waals surface area contributed by atoms with Gasteiger partial charge >= 0.3 is 11.9 Å². The number of aryl methyl sites for hydroxylation is 1. The minimum atomic E-state index is -4.14. The van der Waals surface area contributed by atoms with Crippen LogP contribution in [0.1, 0.15) is 26.3 Å². The van der Waals surface area contributed by atoms with Gasteiger partial charge < -0.3 is 19.5 Å². The molecule has 2 rings (SSSR count). The number of anilines is 1. The van der Waals surface area contributed by atoms with Crippen molar-refractivity contribution in [3.05, 3.63) is 65.4 Å². The van der Waals surface area contributed by atoms with Gasteiger partial charge in [-0.25, -0.2) is 14.0 Å². The van der Waals surface area contributed by atoms with E-state index in [-0.39, 0.29) is 23.8 Å². The molecule has 0 saturated heterocycles. The molecule has 0 saturated carbocycles. The first-order chi connectivity index (χ1) is 17.0.